The van der Waals surface area contributed by atoms with Crippen LogP contribution in [0.2, 0.25) is 0 Å². The van der Waals surface area contributed by atoms with E-state index in [2.05, 4.69) is 17.7 Å². The molecule has 0 saturated heterocycles. The Morgan fingerprint density at radius 3 is 0.971 bits per heavy atom. The molecule has 0 rings (SSSR count). The molecule has 0 bridgehead atoms. The number of hydrogen-bond donors (Lipinski definition) is 0. The van der Waals surface area contributed by atoms with Gasteiger partial charge in [0.2, 0.25) is 0 Å². The molecular weight excluding hydrogens is 572 g/mol. The molecule has 6 nitrogen and oxygen atoms in total. The van der Waals surface area contributed by atoms with E-state index in [0.29, 0.717) is 0 Å². The molecule has 0 radical (unpaired) electrons. The van der Waals surface area contributed by atoms with Gasteiger partial charge in [0.1, 0.15) is 0 Å². The first kappa shape index (κ1) is 33.0. The Balaban J connectivity index is 6.25. The Hall–Kier alpha value is -2.04. The maximum atomic E-state index is 13.5. The van der Waals surface area contributed by atoms with E-state index in [9.17, 15) is 79.8 Å². The summed E-state index contributed by atoms with van der Waals surface area (Å²) in [6.07, 6.45) is -11.1. The van der Waals surface area contributed by atoms with Crippen LogP contribution in [-0.4, -0.2) is 83.6 Å². The smallest absolute Gasteiger partial charge is 0.438 e. The topological polar surface area (TPSA) is 71.1 Å². The zero-order valence-corrected chi connectivity index (χ0v) is 17.2. The highest BCUT2D eigenvalue weighted by atomic mass is 28.4. The second kappa shape index (κ2) is 9.78. The lowest BCUT2D eigenvalue weighted by Crippen LogP contribution is -2.65. The molecule has 0 N–H and O–H groups in total. The third-order valence-corrected chi connectivity index (χ3v) is 5.49. The first-order valence-corrected chi connectivity index (χ1v) is 9.30. The minimum atomic E-state index is -7.33. The van der Waals surface area contributed by atoms with E-state index >= 15 is 0 Å². The van der Waals surface area contributed by atoms with Gasteiger partial charge in [0.25, 0.3) is 0 Å². The van der Waals surface area contributed by atoms with Crippen LogP contribution >= 0.6 is 0 Å². The van der Waals surface area contributed by atoms with E-state index in [1.165, 1.54) is 0 Å². The monoisotopic (exact) mass is 580 g/mol. The Morgan fingerprint density at radius 1 is 0.571 bits per heavy atom. The maximum Gasteiger partial charge on any atom is 0.824 e. The molecule has 0 unspecified atom stereocenters. The van der Waals surface area contributed by atoms with Gasteiger partial charge < -0.3 is 17.7 Å². The number of alkyl halides is 16. The lowest BCUT2D eigenvalue weighted by Gasteiger charge is -2.34. The molecule has 0 saturated carbocycles. The van der Waals surface area contributed by atoms with Crippen molar-refractivity contribution in [2.75, 3.05) is 14.2 Å². The van der Waals surface area contributed by atoms with Gasteiger partial charge in [0.05, 0.1) is 0 Å². The van der Waals surface area contributed by atoms with Crippen molar-refractivity contribution in [2.45, 2.75) is 48.4 Å². The molecule has 0 atom stereocenters. The molecule has 0 heterocycles. The van der Waals surface area contributed by atoms with Gasteiger partial charge in [0, 0.05) is 14.2 Å². The summed E-state index contributed by atoms with van der Waals surface area (Å²) in [6, 6.07) is 0. The first-order chi connectivity index (χ1) is 15.3. The average molecular weight is 580 g/mol. The summed E-state index contributed by atoms with van der Waals surface area (Å²) in [4.78, 5) is 22.6. The van der Waals surface area contributed by atoms with Crippen molar-refractivity contribution in [3.05, 3.63) is 0 Å². The van der Waals surface area contributed by atoms with Gasteiger partial charge in [-0.3, -0.25) is 0 Å². The van der Waals surface area contributed by atoms with Crippen LogP contribution in [0.4, 0.5) is 70.2 Å². The molecule has 0 fully saturated rings. The van der Waals surface area contributed by atoms with Crippen LogP contribution in [0.5, 0.6) is 0 Å². The van der Waals surface area contributed by atoms with E-state index < -0.39 is 69.4 Å². The van der Waals surface area contributed by atoms with Crippen molar-refractivity contribution in [1.82, 2.24) is 0 Å². The van der Waals surface area contributed by atoms with Crippen molar-refractivity contribution < 1.29 is 97.5 Å². The molecule has 23 heteroatoms. The van der Waals surface area contributed by atoms with Crippen molar-refractivity contribution in [3.8, 4) is 0 Å². The van der Waals surface area contributed by atoms with Crippen molar-refractivity contribution in [2.24, 2.45) is 0 Å². The fourth-order valence-corrected chi connectivity index (χ4v) is 2.83. The second-order valence-electron chi connectivity index (χ2n) is 5.83. The molecule has 35 heavy (non-hydrogen) atoms. The lowest BCUT2D eigenvalue weighted by molar-refractivity contribution is -0.333. The molecule has 0 aromatic carbocycles. The number of carbonyl (C=O) groups is 2. The molecule has 0 aromatic heterocycles. The molecule has 0 aromatic rings. The number of carbonyl (C=O) groups excluding carboxylic acids is 2. The fourth-order valence-electron chi connectivity index (χ4n) is 1.58. The minimum Gasteiger partial charge on any atom is -0.438 e. The van der Waals surface area contributed by atoms with E-state index in [1.54, 1.807) is 0 Å². The van der Waals surface area contributed by atoms with Gasteiger partial charge in [-0.15, -0.1) is 0 Å². The Morgan fingerprint density at radius 2 is 0.800 bits per heavy atom. The van der Waals surface area contributed by atoms with Crippen molar-refractivity contribution in [3.63, 3.8) is 0 Å². The normalized spacial score (nSPS) is 15.0. The third-order valence-electron chi connectivity index (χ3n) is 3.62. The number of halogens is 16. The van der Waals surface area contributed by atoms with Crippen LogP contribution in [0, 0.1) is 0 Å². The SMILES string of the molecule is CO[Si](OC)(OC(=O)C(F)(F)C(F)(F)C(F)(F)C(F)F)OC(=O)C(F)(F)C(F)(F)C(F)(F)C(F)F. The average Bonchev–Trinajstić information content (AvgIpc) is 2.71. The van der Waals surface area contributed by atoms with Crippen molar-refractivity contribution >= 4 is 21.0 Å². The van der Waals surface area contributed by atoms with Crippen LogP contribution < -0.4 is 0 Å². The highest BCUT2D eigenvalue weighted by Gasteiger charge is 2.82. The van der Waals surface area contributed by atoms with Crippen LogP contribution in [0.25, 0.3) is 0 Å². The van der Waals surface area contributed by atoms with Gasteiger partial charge in [-0.2, -0.15) is 52.7 Å². The summed E-state index contributed by atoms with van der Waals surface area (Å²) in [5.74, 6) is -50.9. The van der Waals surface area contributed by atoms with Gasteiger partial charge in [-0.25, -0.2) is 27.2 Å². The first-order valence-electron chi connectivity index (χ1n) is 7.67. The molecule has 0 aliphatic heterocycles. The fraction of sp³-hybridized carbons (Fsp3) is 0.833. The number of hydrogen-bond acceptors (Lipinski definition) is 6. The second-order valence-corrected chi connectivity index (χ2v) is 8.06. The summed E-state index contributed by atoms with van der Waals surface area (Å²) in [5.41, 5.74) is 0. The summed E-state index contributed by atoms with van der Waals surface area (Å²) in [6.45, 7) is 0. The highest BCUT2D eigenvalue weighted by molar-refractivity contribution is 6.57. The summed E-state index contributed by atoms with van der Waals surface area (Å²) < 4.78 is 220. The Bertz CT molecular complexity index is 723. The summed E-state index contributed by atoms with van der Waals surface area (Å²) >= 11 is 0. The zero-order chi connectivity index (χ0) is 28.6. The zero-order valence-electron chi connectivity index (χ0n) is 16.2. The Kier molecular flexibility index (Phi) is 9.21. The maximum absolute atomic E-state index is 13.5. The van der Waals surface area contributed by atoms with Crippen LogP contribution in [0.15, 0.2) is 0 Å². The largest absolute Gasteiger partial charge is 0.824 e. The predicted octanol–water partition coefficient (Wildman–Crippen LogP) is 4.14. The van der Waals surface area contributed by atoms with E-state index in [4.69, 9.17) is 0 Å². The van der Waals surface area contributed by atoms with Crippen molar-refractivity contribution in [1.29, 1.82) is 0 Å². The standard InChI is InChI=1S/C12H8F16O6Si/c1-31-35(32-2,33-5(29)9(21,22)11(25,26)7(17,18)3(13)14)34-6(30)10(23,24)12(27,28)8(19,20)4(15)16/h3-4H,1-2H3. The summed E-state index contributed by atoms with van der Waals surface area (Å²) in [5, 5.41) is 0. The van der Waals surface area contributed by atoms with E-state index in [1.807, 2.05) is 0 Å². The van der Waals surface area contributed by atoms with Gasteiger partial charge in [-0.05, 0) is 0 Å². The minimum absolute atomic E-state index is 0.0512. The quantitative estimate of drug-likeness (QED) is 0.256. The van der Waals surface area contributed by atoms with Crippen LogP contribution in [-0.2, 0) is 27.3 Å². The molecule has 0 aliphatic rings. The summed E-state index contributed by atoms with van der Waals surface area (Å²) in [7, 11) is -6.71. The lowest BCUT2D eigenvalue weighted by atomic mass is 10.1. The van der Waals surface area contributed by atoms with Gasteiger partial charge in [-0.1, -0.05) is 0 Å². The van der Waals surface area contributed by atoms with Gasteiger partial charge >= 0.3 is 69.4 Å². The predicted molar refractivity (Wildman–Crippen MR) is 73.6 cm³/mol. The third kappa shape index (κ3) is 5.24. The van der Waals surface area contributed by atoms with Gasteiger partial charge in [0.15, 0.2) is 0 Å². The van der Waals surface area contributed by atoms with Crippen LogP contribution in [0.1, 0.15) is 0 Å². The van der Waals surface area contributed by atoms with E-state index in [-0.39, 0.29) is 14.2 Å². The Labute approximate surface area is 182 Å². The molecule has 0 aliphatic carbocycles. The number of rotatable bonds is 12. The van der Waals surface area contributed by atoms with E-state index in [0.717, 1.165) is 0 Å². The molecule has 0 amide bonds. The molecule has 0 spiro atoms. The molecule has 208 valence electrons. The van der Waals surface area contributed by atoms with Crippen LogP contribution in [0.3, 0.4) is 0 Å². The molecular formula is C12H8F16O6Si. The highest BCUT2D eigenvalue weighted by Crippen LogP contribution is 2.51.